The lowest BCUT2D eigenvalue weighted by Gasteiger charge is -2.22. The molecule has 0 amide bonds. The molecule has 0 bridgehead atoms. The maximum atomic E-state index is 11.6. The Bertz CT molecular complexity index is 310. The van der Waals surface area contributed by atoms with Gasteiger partial charge in [0, 0.05) is 11.0 Å². The van der Waals surface area contributed by atoms with Gasteiger partial charge in [0.15, 0.2) is 0 Å². The van der Waals surface area contributed by atoms with E-state index < -0.39 is 10.0 Å². The Morgan fingerprint density at radius 1 is 1.47 bits per heavy atom. The van der Waals surface area contributed by atoms with Gasteiger partial charge in [-0.25, -0.2) is 13.1 Å². The summed E-state index contributed by atoms with van der Waals surface area (Å²) in [5.74, 6) is 0.516. The zero-order valence-corrected chi connectivity index (χ0v) is 11.0. The van der Waals surface area contributed by atoms with E-state index in [2.05, 4.69) is 32.5 Å². The van der Waals surface area contributed by atoms with Gasteiger partial charge in [-0.2, -0.15) is 0 Å². The predicted octanol–water partition coefficient (Wildman–Crippen LogP) is 0.814. The van der Waals surface area contributed by atoms with Gasteiger partial charge in [0.25, 0.3) is 0 Å². The summed E-state index contributed by atoms with van der Waals surface area (Å²) < 4.78 is 26.4. The van der Waals surface area contributed by atoms with E-state index in [1.54, 1.807) is 0 Å². The fourth-order valence-electron chi connectivity index (χ4n) is 1.61. The van der Waals surface area contributed by atoms with Crippen molar-refractivity contribution in [1.82, 2.24) is 10.0 Å². The van der Waals surface area contributed by atoms with Crippen LogP contribution in [-0.4, -0.2) is 33.8 Å². The smallest absolute Gasteiger partial charge is 0.212 e. The molecule has 1 rings (SSSR count). The molecule has 88 valence electrons. The first-order valence-electron chi connectivity index (χ1n) is 5.01. The Hall–Kier alpha value is 0.0900. The van der Waals surface area contributed by atoms with Crippen LogP contribution in [0.25, 0.3) is 0 Å². The van der Waals surface area contributed by atoms with E-state index in [-0.39, 0.29) is 18.2 Å². The zero-order chi connectivity index (χ0) is 11.3. The molecule has 0 aromatic carbocycles. The lowest BCUT2D eigenvalue weighted by atomic mass is 10.0. The Kier molecular flexibility index (Phi) is 5.25. The van der Waals surface area contributed by atoms with Gasteiger partial charge in [0.05, 0.1) is 5.75 Å². The molecular formula is C9H17BrN2O2S. The average molecular weight is 297 g/mol. The van der Waals surface area contributed by atoms with Crippen LogP contribution in [0.2, 0.25) is 0 Å². The molecule has 6 heteroatoms. The van der Waals surface area contributed by atoms with Crippen LogP contribution in [0.3, 0.4) is 0 Å². The summed E-state index contributed by atoms with van der Waals surface area (Å²) >= 11 is 3.12. The molecule has 2 N–H and O–H groups in total. The van der Waals surface area contributed by atoms with Crippen molar-refractivity contribution in [1.29, 1.82) is 0 Å². The van der Waals surface area contributed by atoms with Crippen LogP contribution >= 0.6 is 15.9 Å². The third kappa shape index (κ3) is 5.65. The third-order valence-electron chi connectivity index (χ3n) is 2.40. The van der Waals surface area contributed by atoms with Crippen molar-refractivity contribution in [3.63, 3.8) is 0 Å². The molecule has 0 atom stereocenters. The van der Waals surface area contributed by atoms with Gasteiger partial charge in [-0.3, -0.25) is 0 Å². The summed E-state index contributed by atoms with van der Waals surface area (Å²) in [6, 6.07) is 0. The first-order valence-corrected chi connectivity index (χ1v) is 7.45. The van der Waals surface area contributed by atoms with Crippen molar-refractivity contribution in [2.45, 2.75) is 12.8 Å². The van der Waals surface area contributed by atoms with Crippen LogP contribution in [0.1, 0.15) is 12.8 Å². The molecule has 0 aromatic rings. The monoisotopic (exact) mass is 296 g/mol. The quantitative estimate of drug-likeness (QED) is 0.790. The molecular weight excluding hydrogens is 280 g/mol. The average Bonchev–Trinajstić information content (AvgIpc) is 2.16. The van der Waals surface area contributed by atoms with E-state index in [9.17, 15) is 8.42 Å². The first kappa shape index (κ1) is 13.2. The molecule has 1 aliphatic heterocycles. The van der Waals surface area contributed by atoms with Gasteiger partial charge in [-0.15, -0.1) is 0 Å². The van der Waals surface area contributed by atoms with Crippen molar-refractivity contribution < 1.29 is 8.42 Å². The number of nitrogens with one attached hydrogen (secondary N) is 2. The standard InChI is InChI=1S/C9H17BrN2O2S/c1-8(10)6-12-15(13,14)7-9-2-4-11-5-3-9/h9,11-12H,1-7H2. The molecule has 1 aliphatic rings. The Balaban J connectivity index is 2.37. The summed E-state index contributed by atoms with van der Waals surface area (Å²) in [4.78, 5) is 0. The highest BCUT2D eigenvalue weighted by molar-refractivity contribution is 9.11. The predicted molar refractivity (Wildman–Crippen MR) is 65.5 cm³/mol. The minimum absolute atomic E-state index is 0.231. The van der Waals surface area contributed by atoms with Crippen LogP contribution < -0.4 is 10.0 Å². The normalized spacial score (nSPS) is 19.0. The van der Waals surface area contributed by atoms with Gasteiger partial charge in [-0.1, -0.05) is 22.5 Å². The lowest BCUT2D eigenvalue weighted by Crippen LogP contribution is -2.35. The van der Waals surface area contributed by atoms with Crippen LogP contribution in [0.4, 0.5) is 0 Å². The second kappa shape index (κ2) is 5.98. The summed E-state index contributed by atoms with van der Waals surface area (Å²) in [5, 5.41) is 3.21. The van der Waals surface area contributed by atoms with E-state index >= 15 is 0 Å². The highest BCUT2D eigenvalue weighted by Gasteiger charge is 2.20. The molecule has 15 heavy (non-hydrogen) atoms. The zero-order valence-electron chi connectivity index (χ0n) is 8.63. The summed E-state index contributed by atoms with van der Waals surface area (Å²) in [5.41, 5.74) is 0. The maximum Gasteiger partial charge on any atom is 0.212 e. The lowest BCUT2D eigenvalue weighted by molar-refractivity contribution is 0.400. The van der Waals surface area contributed by atoms with Crippen LogP contribution in [-0.2, 0) is 10.0 Å². The molecule has 0 unspecified atom stereocenters. The maximum absolute atomic E-state index is 11.6. The van der Waals surface area contributed by atoms with Crippen LogP contribution in [0, 0.1) is 5.92 Å². The fraction of sp³-hybridized carbons (Fsp3) is 0.778. The van der Waals surface area contributed by atoms with Crippen molar-refractivity contribution in [3.8, 4) is 0 Å². The highest BCUT2D eigenvalue weighted by Crippen LogP contribution is 2.13. The molecule has 0 radical (unpaired) electrons. The number of hydrogen-bond acceptors (Lipinski definition) is 3. The van der Waals surface area contributed by atoms with Gasteiger partial charge < -0.3 is 5.32 Å². The Morgan fingerprint density at radius 3 is 2.60 bits per heavy atom. The molecule has 0 aliphatic carbocycles. The van der Waals surface area contributed by atoms with Gasteiger partial charge in [-0.05, 0) is 31.8 Å². The van der Waals surface area contributed by atoms with E-state index in [0.29, 0.717) is 4.48 Å². The summed E-state index contributed by atoms with van der Waals surface area (Å²) in [6.45, 7) is 5.70. The van der Waals surface area contributed by atoms with Crippen molar-refractivity contribution in [2.24, 2.45) is 5.92 Å². The van der Waals surface area contributed by atoms with E-state index in [1.807, 2.05) is 0 Å². The van der Waals surface area contributed by atoms with E-state index in [4.69, 9.17) is 0 Å². The highest BCUT2D eigenvalue weighted by atomic mass is 79.9. The molecule has 4 nitrogen and oxygen atoms in total. The Morgan fingerprint density at radius 2 is 2.07 bits per heavy atom. The summed E-state index contributed by atoms with van der Waals surface area (Å²) in [7, 11) is -3.14. The van der Waals surface area contributed by atoms with Crippen molar-refractivity contribution >= 4 is 26.0 Å². The topological polar surface area (TPSA) is 58.2 Å². The molecule has 1 fully saturated rings. The Labute approximate surface area is 99.7 Å². The van der Waals surface area contributed by atoms with Gasteiger partial charge in [0.1, 0.15) is 0 Å². The summed E-state index contributed by atoms with van der Waals surface area (Å²) in [6.07, 6.45) is 1.88. The fourth-order valence-corrected chi connectivity index (χ4v) is 3.40. The number of sulfonamides is 1. The minimum Gasteiger partial charge on any atom is -0.317 e. The number of piperidine rings is 1. The number of rotatable bonds is 5. The number of halogens is 1. The second-order valence-corrected chi connectivity index (χ2v) is 6.79. The second-order valence-electron chi connectivity index (χ2n) is 3.81. The first-order chi connectivity index (χ1) is 6.99. The molecule has 0 aromatic heterocycles. The van der Waals surface area contributed by atoms with E-state index in [1.165, 1.54) is 0 Å². The van der Waals surface area contributed by atoms with Gasteiger partial charge in [0.2, 0.25) is 10.0 Å². The third-order valence-corrected chi connectivity index (χ3v) is 4.17. The largest absolute Gasteiger partial charge is 0.317 e. The van der Waals surface area contributed by atoms with Gasteiger partial charge >= 0.3 is 0 Å². The minimum atomic E-state index is -3.14. The van der Waals surface area contributed by atoms with Crippen molar-refractivity contribution in [3.05, 3.63) is 11.1 Å². The molecule has 0 saturated carbocycles. The van der Waals surface area contributed by atoms with Crippen molar-refractivity contribution in [2.75, 3.05) is 25.4 Å². The number of hydrogen-bond donors (Lipinski definition) is 2. The molecule has 1 saturated heterocycles. The van der Waals surface area contributed by atoms with E-state index in [0.717, 1.165) is 25.9 Å². The van der Waals surface area contributed by atoms with Crippen LogP contribution in [0.15, 0.2) is 11.1 Å². The molecule has 0 spiro atoms. The SMILES string of the molecule is C=C(Br)CNS(=O)(=O)CC1CCNCC1. The molecule has 1 heterocycles. The van der Waals surface area contributed by atoms with Crippen LogP contribution in [0.5, 0.6) is 0 Å².